The monoisotopic (exact) mass is 403 g/mol. The summed E-state index contributed by atoms with van der Waals surface area (Å²) in [5, 5.41) is 14.5. The Labute approximate surface area is 164 Å². The minimum Gasteiger partial charge on any atom is -0.383 e. The Bertz CT molecular complexity index is 1070. The van der Waals surface area contributed by atoms with E-state index < -0.39 is 35.3 Å². The molecule has 9 heteroatoms. The number of aliphatic hydroxyl groups is 1. The number of Topliss-reactive ketones (excluding diaryl/α,β-unsaturated/α-hetero) is 1. The molecule has 0 saturated heterocycles. The van der Waals surface area contributed by atoms with Crippen LogP contribution in [0, 0.1) is 25.5 Å². The van der Waals surface area contributed by atoms with Crippen LogP contribution in [0.1, 0.15) is 39.8 Å². The highest BCUT2D eigenvalue weighted by Gasteiger charge is 2.30. The summed E-state index contributed by atoms with van der Waals surface area (Å²) in [6, 6.07) is 2.21. The topological polar surface area (TPSA) is 111 Å². The minimum atomic E-state index is -1.31. The molecule has 152 valence electrons. The first kappa shape index (κ1) is 20.4. The highest BCUT2D eigenvalue weighted by Crippen LogP contribution is 2.36. The van der Waals surface area contributed by atoms with Crippen LogP contribution in [0.3, 0.4) is 0 Å². The number of anilines is 1. The van der Waals surface area contributed by atoms with Crippen molar-refractivity contribution in [2.24, 2.45) is 0 Å². The summed E-state index contributed by atoms with van der Waals surface area (Å²) < 4.78 is 27.9. The average Bonchev–Trinajstić information content (AvgIpc) is 3.12. The van der Waals surface area contributed by atoms with E-state index in [1.807, 2.05) is 0 Å². The molecule has 4 N–H and O–H groups in total. The number of fused-ring (bicyclic) bond motifs is 1. The molecule has 0 spiro atoms. The number of nitrogens with one attached hydrogen (secondary N) is 3. The van der Waals surface area contributed by atoms with Gasteiger partial charge in [-0.3, -0.25) is 14.4 Å². The summed E-state index contributed by atoms with van der Waals surface area (Å²) in [4.78, 5) is 38.8. The van der Waals surface area contributed by atoms with E-state index in [1.165, 1.54) is 19.1 Å². The first-order valence-corrected chi connectivity index (χ1v) is 8.79. The van der Waals surface area contributed by atoms with Crippen molar-refractivity contribution in [2.75, 3.05) is 11.9 Å². The quantitative estimate of drug-likeness (QED) is 0.573. The van der Waals surface area contributed by atoms with Crippen LogP contribution in [0.25, 0.3) is 11.6 Å². The number of H-pyrrole nitrogens is 1. The second kappa shape index (κ2) is 7.59. The Morgan fingerprint density at radius 2 is 1.97 bits per heavy atom. The molecule has 1 aromatic heterocycles. The van der Waals surface area contributed by atoms with E-state index in [4.69, 9.17) is 0 Å². The largest absolute Gasteiger partial charge is 0.383 e. The maximum atomic E-state index is 14.2. The Kier molecular flexibility index (Phi) is 5.34. The predicted molar refractivity (Wildman–Crippen MR) is 102 cm³/mol. The molecular weight excluding hydrogens is 384 g/mol. The van der Waals surface area contributed by atoms with Gasteiger partial charge in [0, 0.05) is 17.0 Å². The summed E-state index contributed by atoms with van der Waals surface area (Å²) in [7, 11) is 0. The maximum absolute atomic E-state index is 14.2. The molecule has 0 fully saturated rings. The third-order valence-electron chi connectivity index (χ3n) is 4.77. The fraction of sp³-hybridized carbons (Fsp3) is 0.250. The fourth-order valence-electron chi connectivity index (χ4n) is 3.18. The highest BCUT2D eigenvalue weighted by molar-refractivity contribution is 6.35. The standard InChI is InChI=1S/C20H19F2N3O4/c1-8-14(24-9(2)16(8)20(29)23-7-15(27)10(3)26)6-11-17-13(25-19(11)28)5-4-12(21)18(17)22/h4-6,15,24,27H,7H2,1-3H3,(H,23,29)(H,25,28)/b11-6-. The molecule has 7 nitrogen and oxygen atoms in total. The number of aliphatic hydroxyl groups excluding tert-OH is 1. The maximum Gasteiger partial charge on any atom is 0.256 e. The summed E-state index contributed by atoms with van der Waals surface area (Å²) in [6.07, 6.45) is 0.0457. The van der Waals surface area contributed by atoms with E-state index in [0.717, 1.165) is 6.07 Å². The summed E-state index contributed by atoms with van der Waals surface area (Å²) >= 11 is 0. The molecule has 29 heavy (non-hydrogen) atoms. The number of halogens is 2. The number of aryl methyl sites for hydroxylation is 1. The lowest BCUT2D eigenvalue weighted by Crippen LogP contribution is -2.36. The average molecular weight is 403 g/mol. The second-order valence-electron chi connectivity index (χ2n) is 6.80. The van der Waals surface area contributed by atoms with Crippen molar-refractivity contribution in [1.29, 1.82) is 0 Å². The zero-order chi connectivity index (χ0) is 21.5. The third-order valence-corrected chi connectivity index (χ3v) is 4.77. The van der Waals surface area contributed by atoms with E-state index in [9.17, 15) is 28.3 Å². The predicted octanol–water partition coefficient (Wildman–Crippen LogP) is 2.08. The van der Waals surface area contributed by atoms with Gasteiger partial charge in [0.15, 0.2) is 17.4 Å². The minimum absolute atomic E-state index is 0.0692. The zero-order valence-electron chi connectivity index (χ0n) is 15.9. The van der Waals surface area contributed by atoms with E-state index in [-0.39, 0.29) is 28.9 Å². The van der Waals surface area contributed by atoms with Gasteiger partial charge in [0.2, 0.25) is 0 Å². The fourth-order valence-corrected chi connectivity index (χ4v) is 3.18. The number of carbonyl (C=O) groups excluding carboxylic acids is 3. The molecular formula is C20H19F2N3O4. The number of hydrogen-bond acceptors (Lipinski definition) is 4. The number of rotatable bonds is 5. The highest BCUT2D eigenvalue weighted by atomic mass is 19.2. The molecule has 1 unspecified atom stereocenters. The third kappa shape index (κ3) is 3.68. The molecule has 2 aromatic rings. The van der Waals surface area contributed by atoms with Crippen LogP contribution in [0.5, 0.6) is 0 Å². The van der Waals surface area contributed by atoms with Gasteiger partial charge in [-0.1, -0.05) is 0 Å². The normalized spacial score (nSPS) is 15.2. The molecule has 1 atom stereocenters. The van der Waals surface area contributed by atoms with Gasteiger partial charge in [0.1, 0.15) is 6.10 Å². The molecule has 0 radical (unpaired) electrons. The molecule has 1 aliphatic heterocycles. The summed E-state index contributed by atoms with van der Waals surface area (Å²) in [6.45, 7) is 4.23. The van der Waals surface area contributed by atoms with Crippen molar-refractivity contribution < 1.29 is 28.3 Å². The van der Waals surface area contributed by atoms with Crippen LogP contribution >= 0.6 is 0 Å². The summed E-state index contributed by atoms with van der Waals surface area (Å²) in [5.74, 6) is -3.79. The van der Waals surface area contributed by atoms with Gasteiger partial charge in [-0.05, 0) is 44.5 Å². The van der Waals surface area contributed by atoms with Crippen LogP contribution in [-0.4, -0.2) is 40.3 Å². The molecule has 0 aliphatic carbocycles. The number of ketones is 1. The van der Waals surface area contributed by atoms with Gasteiger partial charge in [-0.15, -0.1) is 0 Å². The van der Waals surface area contributed by atoms with Crippen LogP contribution in [-0.2, 0) is 9.59 Å². The van der Waals surface area contributed by atoms with Crippen LogP contribution in [0.2, 0.25) is 0 Å². The van der Waals surface area contributed by atoms with Crippen LogP contribution in [0.15, 0.2) is 12.1 Å². The van der Waals surface area contributed by atoms with E-state index in [1.54, 1.807) is 13.8 Å². The molecule has 3 rings (SSSR count). The molecule has 1 aromatic carbocycles. The van der Waals surface area contributed by atoms with E-state index in [0.29, 0.717) is 17.0 Å². The molecule has 0 bridgehead atoms. The SMILES string of the molecule is CC(=O)C(O)CNC(=O)c1c(C)[nH]c(/C=C2\C(=O)Nc3ccc(F)c(F)c32)c1C. The van der Waals surface area contributed by atoms with Crippen molar-refractivity contribution in [3.63, 3.8) is 0 Å². The smallest absolute Gasteiger partial charge is 0.256 e. The van der Waals surface area contributed by atoms with Gasteiger partial charge in [-0.2, -0.15) is 0 Å². The number of aromatic nitrogens is 1. The first-order valence-electron chi connectivity index (χ1n) is 8.79. The number of amides is 2. The number of hydrogen-bond donors (Lipinski definition) is 4. The van der Waals surface area contributed by atoms with E-state index in [2.05, 4.69) is 15.6 Å². The van der Waals surface area contributed by atoms with Crippen molar-refractivity contribution in [3.8, 4) is 0 Å². The van der Waals surface area contributed by atoms with Gasteiger partial charge in [0.05, 0.1) is 23.4 Å². The Morgan fingerprint density at radius 1 is 1.28 bits per heavy atom. The second-order valence-corrected chi connectivity index (χ2v) is 6.80. The molecule has 2 amide bonds. The lowest BCUT2D eigenvalue weighted by Gasteiger charge is -2.09. The van der Waals surface area contributed by atoms with Crippen molar-refractivity contribution in [2.45, 2.75) is 26.9 Å². The summed E-state index contributed by atoms with van der Waals surface area (Å²) in [5.41, 5.74) is 1.52. The Hall–Kier alpha value is -3.33. The Morgan fingerprint density at radius 3 is 2.62 bits per heavy atom. The Balaban J connectivity index is 1.96. The van der Waals surface area contributed by atoms with Gasteiger partial charge < -0.3 is 20.7 Å². The number of benzene rings is 1. The first-order chi connectivity index (χ1) is 13.6. The number of carbonyl (C=O) groups is 3. The lowest BCUT2D eigenvalue weighted by atomic mass is 10.0. The van der Waals surface area contributed by atoms with Crippen LogP contribution < -0.4 is 10.6 Å². The lowest BCUT2D eigenvalue weighted by molar-refractivity contribution is -0.124. The molecule has 1 aliphatic rings. The van der Waals surface area contributed by atoms with E-state index >= 15 is 0 Å². The van der Waals surface area contributed by atoms with Gasteiger partial charge in [0.25, 0.3) is 11.8 Å². The van der Waals surface area contributed by atoms with Gasteiger partial charge >= 0.3 is 0 Å². The van der Waals surface area contributed by atoms with Crippen molar-refractivity contribution >= 4 is 34.9 Å². The van der Waals surface area contributed by atoms with Crippen LogP contribution in [0.4, 0.5) is 14.5 Å². The zero-order valence-corrected chi connectivity index (χ0v) is 15.9. The molecule has 2 heterocycles. The van der Waals surface area contributed by atoms with Crippen molar-refractivity contribution in [1.82, 2.24) is 10.3 Å². The van der Waals surface area contributed by atoms with Crippen molar-refractivity contribution in [3.05, 3.63) is 51.8 Å². The number of aromatic amines is 1. The van der Waals surface area contributed by atoms with Gasteiger partial charge in [-0.25, -0.2) is 8.78 Å². The molecule has 0 saturated carbocycles.